The highest BCUT2D eigenvalue weighted by molar-refractivity contribution is 6.13. The lowest BCUT2D eigenvalue weighted by atomic mass is 10.0. The van der Waals surface area contributed by atoms with Crippen molar-refractivity contribution in [3.63, 3.8) is 0 Å². The molecule has 4 nitrogen and oxygen atoms in total. The van der Waals surface area contributed by atoms with Crippen LogP contribution in [0.5, 0.6) is 0 Å². The number of hydrogen-bond acceptors (Lipinski definition) is 3. The van der Waals surface area contributed by atoms with Crippen LogP contribution in [0.25, 0.3) is 0 Å². The fourth-order valence-electron chi connectivity index (χ4n) is 1.92. The topological polar surface area (TPSA) is 49.4 Å². The average Bonchev–Trinajstić information content (AvgIpc) is 2.70. The SMILES string of the molecule is CCc1c[c]cc(CC)c1NN1C(=O)C=CC1=O. The normalized spacial score (nSPS) is 14.4. The molecule has 1 heterocycles. The Morgan fingerprint density at radius 2 is 1.56 bits per heavy atom. The van der Waals surface area contributed by atoms with Crippen molar-refractivity contribution in [3.05, 3.63) is 41.5 Å². The Kier molecular flexibility index (Phi) is 3.46. The van der Waals surface area contributed by atoms with Gasteiger partial charge in [0.1, 0.15) is 0 Å². The van der Waals surface area contributed by atoms with Gasteiger partial charge in [-0.05, 0) is 42.2 Å². The Balaban J connectivity index is 2.33. The third kappa shape index (κ3) is 2.14. The van der Waals surface area contributed by atoms with Gasteiger partial charge in [0, 0.05) is 12.2 Å². The van der Waals surface area contributed by atoms with Crippen molar-refractivity contribution >= 4 is 17.5 Å². The molecule has 1 aromatic rings. The Hall–Kier alpha value is -2.10. The molecular weight excluding hydrogens is 228 g/mol. The highest BCUT2D eigenvalue weighted by Gasteiger charge is 2.24. The van der Waals surface area contributed by atoms with E-state index in [1.54, 1.807) is 0 Å². The van der Waals surface area contributed by atoms with Gasteiger partial charge in [-0.3, -0.25) is 15.0 Å². The molecule has 0 saturated carbocycles. The molecule has 0 atom stereocenters. The van der Waals surface area contributed by atoms with Crippen molar-refractivity contribution in [1.82, 2.24) is 5.01 Å². The molecule has 1 aromatic carbocycles. The minimum Gasteiger partial charge on any atom is -0.288 e. The zero-order valence-electron chi connectivity index (χ0n) is 10.5. The lowest BCUT2D eigenvalue weighted by Gasteiger charge is -2.21. The molecule has 4 heteroatoms. The number of nitrogens with zero attached hydrogens (tertiary/aromatic N) is 1. The summed E-state index contributed by atoms with van der Waals surface area (Å²) >= 11 is 0. The summed E-state index contributed by atoms with van der Waals surface area (Å²) < 4.78 is 0. The molecule has 1 N–H and O–H groups in total. The van der Waals surface area contributed by atoms with Crippen molar-refractivity contribution in [1.29, 1.82) is 0 Å². The van der Waals surface area contributed by atoms with Crippen LogP contribution >= 0.6 is 0 Å². The summed E-state index contributed by atoms with van der Waals surface area (Å²) in [6, 6.07) is 6.83. The Morgan fingerprint density at radius 3 is 2.00 bits per heavy atom. The number of hydrogen-bond donors (Lipinski definition) is 1. The summed E-state index contributed by atoms with van der Waals surface area (Å²) in [5.41, 5.74) is 5.86. The number of anilines is 1. The van der Waals surface area contributed by atoms with Crippen LogP contribution in [0.2, 0.25) is 0 Å². The fraction of sp³-hybridized carbons (Fsp3) is 0.286. The van der Waals surface area contributed by atoms with Gasteiger partial charge in [0.15, 0.2) is 0 Å². The van der Waals surface area contributed by atoms with E-state index in [0.717, 1.165) is 34.7 Å². The van der Waals surface area contributed by atoms with Gasteiger partial charge in [0.05, 0.1) is 5.69 Å². The lowest BCUT2D eigenvalue weighted by molar-refractivity contribution is -0.135. The summed E-state index contributed by atoms with van der Waals surface area (Å²) in [7, 11) is 0. The molecule has 0 fully saturated rings. The van der Waals surface area contributed by atoms with Crippen molar-refractivity contribution < 1.29 is 9.59 Å². The van der Waals surface area contributed by atoms with Crippen molar-refractivity contribution in [3.8, 4) is 0 Å². The molecular formula is C14H15N2O2. The zero-order valence-corrected chi connectivity index (χ0v) is 10.5. The number of aryl methyl sites for hydroxylation is 2. The van der Waals surface area contributed by atoms with E-state index >= 15 is 0 Å². The summed E-state index contributed by atoms with van der Waals surface area (Å²) in [6.45, 7) is 4.05. The van der Waals surface area contributed by atoms with E-state index in [1.165, 1.54) is 12.2 Å². The van der Waals surface area contributed by atoms with Gasteiger partial charge in [-0.25, -0.2) is 0 Å². The number of benzene rings is 1. The second-order valence-corrected chi connectivity index (χ2v) is 4.04. The minimum absolute atomic E-state index is 0.336. The van der Waals surface area contributed by atoms with Crippen LogP contribution in [0.3, 0.4) is 0 Å². The maximum Gasteiger partial charge on any atom is 0.272 e. The van der Waals surface area contributed by atoms with Crippen LogP contribution in [0, 0.1) is 6.07 Å². The first-order chi connectivity index (χ1) is 8.67. The molecule has 0 aliphatic carbocycles. The number of hydrazine groups is 1. The first-order valence-electron chi connectivity index (χ1n) is 6.02. The average molecular weight is 243 g/mol. The van der Waals surface area contributed by atoms with E-state index < -0.39 is 0 Å². The lowest BCUT2D eigenvalue weighted by Crippen LogP contribution is -2.36. The highest BCUT2D eigenvalue weighted by atomic mass is 16.2. The monoisotopic (exact) mass is 243 g/mol. The van der Waals surface area contributed by atoms with Gasteiger partial charge in [-0.2, -0.15) is 5.01 Å². The number of nitrogens with one attached hydrogen (secondary N) is 1. The third-order valence-electron chi connectivity index (χ3n) is 2.95. The van der Waals surface area contributed by atoms with Crippen LogP contribution < -0.4 is 5.43 Å². The first kappa shape index (κ1) is 12.4. The number of carbonyl (C=O) groups excluding carboxylic acids is 2. The molecule has 2 amide bonds. The fourth-order valence-corrected chi connectivity index (χ4v) is 1.92. The smallest absolute Gasteiger partial charge is 0.272 e. The van der Waals surface area contributed by atoms with Gasteiger partial charge in [-0.1, -0.05) is 13.8 Å². The van der Waals surface area contributed by atoms with Crippen LogP contribution in [0.4, 0.5) is 5.69 Å². The maximum absolute atomic E-state index is 11.5. The Labute approximate surface area is 106 Å². The molecule has 0 aromatic heterocycles. The predicted octanol–water partition coefficient (Wildman–Crippen LogP) is 1.86. The van der Waals surface area contributed by atoms with Gasteiger partial charge in [-0.15, -0.1) is 0 Å². The Morgan fingerprint density at radius 1 is 1.06 bits per heavy atom. The van der Waals surface area contributed by atoms with Crippen LogP contribution in [0.15, 0.2) is 24.3 Å². The highest BCUT2D eigenvalue weighted by Crippen LogP contribution is 2.23. The number of amides is 2. The third-order valence-corrected chi connectivity index (χ3v) is 2.95. The molecule has 1 aliphatic rings. The number of imide groups is 1. The summed E-state index contributed by atoms with van der Waals surface area (Å²) in [5, 5.41) is 1.04. The van der Waals surface area contributed by atoms with Gasteiger partial charge in [0.2, 0.25) is 0 Å². The van der Waals surface area contributed by atoms with Crippen LogP contribution in [-0.2, 0) is 22.4 Å². The standard InChI is InChI=1S/C14H15N2O2/c1-3-10-6-5-7-11(4-2)14(10)15-16-12(17)8-9-13(16)18/h6-9,15H,3-4H2,1-2H3. The zero-order chi connectivity index (χ0) is 13.1. The first-order valence-corrected chi connectivity index (χ1v) is 6.02. The van der Waals surface area contributed by atoms with Crippen molar-refractivity contribution in [2.24, 2.45) is 0 Å². The van der Waals surface area contributed by atoms with Crippen molar-refractivity contribution in [2.45, 2.75) is 26.7 Å². The van der Waals surface area contributed by atoms with Crippen LogP contribution in [0.1, 0.15) is 25.0 Å². The van der Waals surface area contributed by atoms with Crippen molar-refractivity contribution in [2.75, 3.05) is 5.43 Å². The molecule has 18 heavy (non-hydrogen) atoms. The van der Waals surface area contributed by atoms with Gasteiger partial charge < -0.3 is 0 Å². The van der Waals surface area contributed by atoms with Gasteiger partial charge >= 0.3 is 0 Å². The van der Waals surface area contributed by atoms with E-state index in [2.05, 4.69) is 11.5 Å². The molecule has 0 unspecified atom stereocenters. The molecule has 0 bridgehead atoms. The van der Waals surface area contributed by atoms with E-state index in [1.807, 2.05) is 26.0 Å². The second-order valence-electron chi connectivity index (χ2n) is 4.04. The molecule has 1 radical (unpaired) electrons. The Bertz CT molecular complexity index is 480. The summed E-state index contributed by atoms with van der Waals surface area (Å²) in [5.74, 6) is -0.672. The molecule has 2 rings (SSSR count). The van der Waals surface area contributed by atoms with E-state index in [9.17, 15) is 9.59 Å². The quantitative estimate of drug-likeness (QED) is 0.821. The molecule has 1 aliphatic heterocycles. The number of rotatable bonds is 4. The van der Waals surface area contributed by atoms with E-state index in [0.29, 0.717) is 0 Å². The minimum atomic E-state index is -0.336. The van der Waals surface area contributed by atoms with Gasteiger partial charge in [0.25, 0.3) is 11.8 Å². The molecule has 93 valence electrons. The van der Waals surface area contributed by atoms with Crippen LogP contribution in [-0.4, -0.2) is 16.8 Å². The molecule has 0 spiro atoms. The largest absolute Gasteiger partial charge is 0.288 e. The van der Waals surface area contributed by atoms with E-state index in [4.69, 9.17) is 0 Å². The molecule has 0 saturated heterocycles. The summed E-state index contributed by atoms with van der Waals surface area (Å²) in [4.78, 5) is 23.1. The summed E-state index contributed by atoms with van der Waals surface area (Å²) in [6.07, 6.45) is 4.16. The van der Waals surface area contributed by atoms with E-state index in [-0.39, 0.29) is 11.8 Å². The second kappa shape index (κ2) is 5.04. The predicted molar refractivity (Wildman–Crippen MR) is 68.6 cm³/mol. The number of carbonyl (C=O) groups is 2. The maximum atomic E-state index is 11.5.